The van der Waals surface area contributed by atoms with Crippen LogP contribution in [-0.2, 0) is 0 Å². The minimum atomic E-state index is 1.26. The van der Waals surface area contributed by atoms with Crippen molar-refractivity contribution in [2.24, 2.45) is 0 Å². The third kappa shape index (κ3) is 4.88. The maximum atomic E-state index is 2.23. The summed E-state index contributed by atoms with van der Waals surface area (Å²) < 4.78 is 1.64. The molecule has 0 saturated carbocycles. The Morgan fingerprint density at radius 3 is 2.33 bits per heavy atom. The molecule has 1 aliphatic rings. The second kappa shape index (κ2) is 6.52. The molecule has 0 spiro atoms. The topological polar surface area (TPSA) is 0 Å². The molecule has 49 valence electrons. The van der Waals surface area contributed by atoms with Gasteiger partial charge < -0.3 is 0 Å². The van der Waals surface area contributed by atoms with Crippen LogP contribution in [0.3, 0.4) is 0 Å². The van der Waals surface area contributed by atoms with E-state index in [0.29, 0.717) is 0 Å². The summed E-state index contributed by atoms with van der Waals surface area (Å²) in [6.45, 7) is 4.00. The molecule has 0 aromatic heterocycles. The van der Waals surface area contributed by atoms with Crippen LogP contribution >= 0.6 is 0 Å². The third-order valence-electron chi connectivity index (χ3n) is 1.01. The van der Waals surface area contributed by atoms with Crippen LogP contribution in [0.4, 0.5) is 0 Å². The van der Waals surface area contributed by atoms with Crippen LogP contribution in [0.5, 0.6) is 0 Å². The fourth-order valence-electron chi connectivity index (χ4n) is 0.603. The Hall–Kier alpha value is 0.402. The van der Waals surface area contributed by atoms with Crippen LogP contribution in [-0.4, -0.2) is 25.8 Å². The molecular formula is C8H13Pb. The van der Waals surface area contributed by atoms with Crippen LogP contribution in [0.2, 0.25) is 0 Å². The van der Waals surface area contributed by atoms with E-state index in [1.54, 1.807) is 3.13 Å². The SMILES string of the molecule is CC.[Pb][C]1=CC=CCC1. The third-order valence-corrected chi connectivity index (χ3v) is 2.63. The molecule has 0 heterocycles. The van der Waals surface area contributed by atoms with E-state index in [1.807, 2.05) is 13.8 Å². The van der Waals surface area contributed by atoms with Gasteiger partial charge >= 0.3 is 60.0 Å². The van der Waals surface area contributed by atoms with Crippen LogP contribution in [0, 0.1) is 0 Å². The van der Waals surface area contributed by atoms with Gasteiger partial charge in [-0.15, -0.1) is 0 Å². The Bertz CT molecular complexity index is 112. The van der Waals surface area contributed by atoms with Crippen molar-refractivity contribution in [1.82, 2.24) is 0 Å². The summed E-state index contributed by atoms with van der Waals surface area (Å²) in [7, 11) is 0. The molecule has 0 aromatic rings. The van der Waals surface area contributed by atoms with Gasteiger partial charge in [0, 0.05) is 0 Å². The van der Waals surface area contributed by atoms with Gasteiger partial charge in [-0.1, -0.05) is 13.8 Å². The normalized spacial score (nSPS) is 15.7. The molecule has 1 heteroatoms. The van der Waals surface area contributed by atoms with E-state index in [2.05, 4.69) is 18.2 Å². The molecule has 0 atom stereocenters. The molecule has 0 aromatic carbocycles. The van der Waals surface area contributed by atoms with Crippen LogP contribution in [0.1, 0.15) is 26.7 Å². The summed E-state index contributed by atoms with van der Waals surface area (Å²) in [4.78, 5) is 0. The fraction of sp³-hybridized carbons (Fsp3) is 0.500. The van der Waals surface area contributed by atoms with E-state index >= 15 is 0 Å². The number of hydrogen-bond acceptors (Lipinski definition) is 0. The fourth-order valence-corrected chi connectivity index (χ4v) is 1.54. The second-order valence-corrected chi connectivity index (χ2v) is 4.16. The van der Waals surface area contributed by atoms with E-state index in [-0.39, 0.29) is 0 Å². The zero-order valence-corrected chi connectivity index (χ0v) is 10.0. The first-order chi connectivity index (χ1) is 4.39. The van der Waals surface area contributed by atoms with Crippen molar-refractivity contribution in [2.75, 3.05) is 0 Å². The molecule has 1 aliphatic carbocycles. The van der Waals surface area contributed by atoms with Gasteiger partial charge in [0.15, 0.2) is 0 Å². The van der Waals surface area contributed by atoms with Crippen molar-refractivity contribution < 1.29 is 0 Å². The first-order valence-electron chi connectivity index (χ1n) is 3.47. The molecule has 0 unspecified atom stereocenters. The van der Waals surface area contributed by atoms with Gasteiger partial charge in [-0.25, -0.2) is 0 Å². The average molecular weight is 316 g/mol. The van der Waals surface area contributed by atoms with Crippen molar-refractivity contribution >= 4 is 25.8 Å². The Labute approximate surface area is 73.7 Å². The van der Waals surface area contributed by atoms with E-state index in [9.17, 15) is 0 Å². The summed E-state index contributed by atoms with van der Waals surface area (Å²) in [5.74, 6) is 0. The van der Waals surface area contributed by atoms with Gasteiger partial charge in [-0.2, -0.15) is 0 Å². The molecular weight excluding hydrogens is 303 g/mol. The van der Waals surface area contributed by atoms with Gasteiger partial charge in [0.1, 0.15) is 0 Å². The predicted octanol–water partition coefficient (Wildman–Crippen LogP) is 2.42. The zero-order valence-electron chi connectivity index (χ0n) is 6.15. The number of allylic oxidation sites excluding steroid dienone is 4. The Balaban J connectivity index is 0.000000291. The Kier molecular flexibility index (Phi) is 6.81. The van der Waals surface area contributed by atoms with Gasteiger partial charge in [0.05, 0.1) is 0 Å². The van der Waals surface area contributed by atoms with Gasteiger partial charge in [0.25, 0.3) is 0 Å². The number of hydrogen-bond donors (Lipinski definition) is 0. The van der Waals surface area contributed by atoms with E-state index in [4.69, 9.17) is 0 Å². The van der Waals surface area contributed by atoms with Crippen LogP contribution in [0.25, 0.3) is 0 Å². The van der Waals surface area contributed by atoms with Crippen LogP contribution in [0.15, 0.2) is 21.4 Å². The molecule has 9 heavy (non-hydrogen) atoms. The molecule has 3 radical (unpaired) electrons. The monoisotopic (exact) mass is 317 g/mol. The van der Waals surface area contributed by atoms with Gasteiger partial charge in [-0.3, -0.25) is 0 Å². The molecule has 0 N–H and O–H groups in total. The molecule has 1 rings (SSSR count). The number of rotatable bonds is 0. The van der Waals surface area contributed by atoms with Crippen molar-refractivity contribution in [3.05, 3.63) is 21.4 Å². The molecule has 0 bridgehead atoms. The standard InChI is InChI=1S/C6H7.C2H6.Pb/c1-2-4-6-5-3-1;1-2;/h1-3H,4,6H2;1-2H3;. The summed E-state index contributed by atoms with van der Waals surface area (Å²) >= 11 is 1.26. The Morgan fingerprint density at radius 2 is 2.11 bits per heavy atom. The summed E-state index contributed by atoms with van der Waals surface area (Å²) in [6.07, 6.45) is 9.21. The van der Waals surface area contributed by atoms with Crippen molar-refractivity contribution in [1.29, 1.82) is 0 Å². The first-order valence-corrected chi connectivity index (χ1v) is 5.41. The quantitative estimate of drug-likeness (QED) is 0.602. The van der Waals surface area contributed by atoms with Crippen molar-refractivity contribution in [3.8, 4) is 0 Å². The zero-order chi connectivity index (χ0) is 7.11. The molecule has 0 nitrogen and oxygen atoms in total. The molecule has 0 saturated heterocycles. The molecule has 0 fully saturated rings. The summed E-state index contributed by atoms with van der Waals surface area (Å²) in [6, 6.07) is 0. The van der Waals surface area contributed by atoms with Gasteiger partial charge in [0.2, 0.25) is 0 Å². The maximum absolute atomic E-state index is 2.23. The second-order valence-electron chi connectivity index (χ2n) is 1.66. The minimum absolute atomic E-state index is 1.26. The van der Waals surface area contributed by atoms with Crippen molar-refractivity contribution in [2.45, 2.75) is 26.7 Å². The van der Waals surface area contributed by atoms with E-state index in [0.717, 1.165) is 0 Å². The summed E-state index contributed by atoms with van der Waals surface area (Å²) in [5.41, 5.74) is 0. The van der Waals surface area contributed by atoms with E-state index < -0.39 is 0 Å². The van der Waals surface area contributed by atoms with Crippen molar-refractivity contribution in [3.63, 3.8) is 0 Å². The summed E-state index contributed by atoms with van der Waals surface area (Å²) in [5, 5.41) is 0. The van der Waals surface area contributed by atoms with Crippen LogP contribution < -0.4 is 0 Å². The van der Waals surface area contributed by atoms with E-state index in [1.165, 1.54) is 38.6 Å². The van der Waals surface area contributed by atoms with Gasteiger partial charge in [-0.05, 0) is 0 Å². The molecule has 0 aliphatic heterocycles. The molecule has 0 amide bonds. The Morgan fingerprint density at radius 1 is 1.44 bits per heavy atom. The predicted molar refractivity (Wildman–Crippen MR) is 43.6 cm³/mol. The average Bonchev–Trinajstić information content (AvgIpc) is 1.94. The first kappa shape index (κ1) is 9.40.